The Kier molecular flexibility index (Phi) is 4.03. The van der Waals surface area contributed by atoms with Crippen molar-refractivity contribution in [2.45, 2.75) is 13.8 Å². The summed E-state index contributed by atoms with van der Waals surface area (Å²) in [6.45, 7) is 3.76. The summed E-state index contributed by atoms with van der Waals surface area (Å²) in [7, 11) is 1.60. The van der Waals surface area contributed by atoms with Crippen molar-refractivity contribution in [2.75, 3.05) is 7.11 Å². The third-order valence-corrected chi connectivity index (χ3v) is 5.05. The number of allylic oxidation sites excluding steroid dienone is 3. The first-order valence-corrected chi connectivity index (χ1v) is 8.64. The summed E-state index contributed by atoms with van der Waals surface area (Å²) in [5.74, 6) is 0.260. The van der Waals surface area contributed by atoms with E-state index in [1.54, 1.807) is 19.3 Å². The summed E-state index contributed by atoms with van der Waals surface area (Å²) in [5.41, 5.74) is 4.21. The molecule has 1 aromatic heterocycles. The minimum atomic E-state index is -0.370. The van der Waals surface area contributed by atoms with E-state index in [1.807, 2.05) is 44.2 Å². The summed E-state index contributed by atoms with van der Waals surface area (Å²) in [4.78, 5) is 31.8. The molecule has 2 heterocycles. The number of benzene rings is 1. The van der Waals surface area contributed by atoms with E-state index in [1.165, 1.54) is 0 Å². The van der Waals surface area contributed by atoms with Crippen LogP contribution in [0.25, 0.3) is 10.9 Å². The molecular weight excluding hydrogens is 342 g/mol. The number of hydrogen-bond donors (Lipinski definition) is 2. The van der Waals surface area contributed by atoms with Crippen LogP contribution in [0.1, 0.15) is 24.3 Å². The first kappa shape index (κ1) is 17.0. The van der Waals surface area contributed by atoms with E-state index in [0.717, 1.165) is 27.7 Å². The second-order valence-electron chi connectivity index (χ2n) is 6.68. The van der Waals surface area contributed by atoms with Gasteiger partial charge in [0.25, 0.3) is 11.8 Å². The predicted octanol–water partition coefficient (Wildman–Crippen LogP) is 3.29. The second-order valence-corrected chi connectivity index (χ2v) is 6.68. The number of methoxy groups -OCH3 is 1. The molecule has 1 aliphatic heterocycles. The average Bonchev–Trinajstić information content (AvgIpc) is 3.09. The van der Waals surface area contributed by atoms with Gasteiger partial charge in [-0.1, -0.05) is 11.6 Å². The van der Waals surface area contributed by atoms with Gasteiger partial charge in [0.15, 0.2) is 0 Å². The average molecular weight is 361 g/mol. The van der Waals surface area contributed by atoms with Crippen LogP contribution in [0.15, 0.2) is 64.3 Å². The molecule has 0 saturated heterocycles. The molecule has 2 N–H and O–H groups in total. The number of nitrogens with one attached hydrogen (secondary N) is 2. The molecule has 1 atom stereocenters. The van der Waals surface area contributed by atoms with Gasteiger partial charge >= 0.3 is 0 Å². The Balaban J connectivity index is 1.63. The molecule has 0 spiro atoms. The van der Waals surface area contributed by atoms with Gasteiger partial charge in [0, 0.05) is 34.2 Å². The minimum absolute atomic E-state index is 0.0253. The van der Waals surface area contributed by atoms with Crippen molar-refractivity contribution >= 4 is 28.4 Å². The lowest BCUT2D eigenvalue weighted by molar-refractivity contribution is -0.117. The lowest BCUT2D eigenvalue weighted by Crippen LogP contribution is -2.35. The first-order valence-electron chi connectivity index (χ1n) is 8.64. The molecule has 1 aromatic carbocycles. The predicted molar refractivity (Wildman–Crippen MR) is 104 cm³/mol. The molecule has 27 heavy (non-hydrogen) atoms. The quantitative estimate of drug-likeness (QED) is 0.861. The zero-order chi connectivity index (χ0) is 19.1. The van der Waals surface area contributed by atoms with E-state index in [4.69, 9.17) is 4.74 Å². The van der Waals surface area contributed by atoms with Gasteiger partial charge in [0.05, 0.1) is 12.8 Å². The number of aliphatic imine (C=N–C) groups is 1. The van der Waals surface area contributed by atoms with Crippen molar-refractivity contribution in [3.63, 3.8) is 0 Å². The molecule has 4 rings (SSSR count). The molecule has 2 aliphatic rings. The number of aromatic amines is 1. The number of amides is 2. The van der Waals surface area contributed by atoms with Gasteiger partial charge < -0.3 is 15.0 Å². The zero-order valence-electron chi connectivity index (χ0n) is 15.3. The Bertz CT molecular complexity index is 1100. The van der Waals surface area contributed by atoms with Crippen LogP contribution in [0, 0.1) is 5.92 Å². The summed E-state index contributed by atoms with van der Waals surface area (Å²) < 4.78 is 5.20. The number of carbonyl (C=O) groups excluding carboxylic acids is 2. The Morgan fingerprint density at radius 3 is 2.81 bits per heavy atom. The maximum Gasteiger partial charge on any atom is 0.293 e. The molecule has 0 saturated carbocycles. The van der Waals surface area contributed by atoms with Crippen LogP contribution in [-0.2, 0) is 4.79 Å². The highest BCUT2D eigenvalue weighted by molar-refractivity contribution is 6.14. The van der Waals surface area contributed by atoms with Gasteiger partial charge in [0.1, 0.15) is 11.4 Å². The lowest BCUT2D eigenvalue weighted by atomic mass is 9.85. The SMILES string of the molecule is COc1ccc2cc(C(=O)N=C3C=CC4C(=C3)NC(=O)C(C)=C4C)[nH]c2c1. The van der Waals surface area contributed by atoms with Crippen LogP contribution in [0.5, 0.6) is 5.75 Å². The number of ether oxygens (including phenoxy) is 1. The fraction of sp³-hybridized carbons (Fsp3) is 0.190. The third-order valence-electron chi connectivity index (χ3n) is 5.05. The van der Waals surface area contributed by atoms with Gasteiger partial charge in [-0.05, 0) is 44.2 Å². The van der Waals surface area contributed by atoms with Crippen molar-refractivity contribution in [1.82, 2.24) is 10.3 Å². The van der Waals surface area contributed by atoms with Crippen LogP contribution in [-0.4, -0.2) is 29.6 Å². The molecule has 0 fully saturated rings. The summed E-state index contributed by atoms with van der Waals surface area (Å²) in [5, 5.41) is 3.78. The number of aromatic nitrogens is 1. The highest BCUT2D eigenvalue weighted by atomic mass is 16.5. The molecule has 2 amide bonds. The van der Waals surface area contributed by atoms with Gasteiger partial charge in [-0.25, -0.2) is 4.99 Å². The van der Waals surface area contributed by atoms with E-state index in [9.17, 15) is 9.59 Å². The van der Waals surface area contributed by atoms with Crippen LogP contribution in [0.4, 0.5) is 0 Å². The van der Waals surface area contributed by atoms with Crippen LogP contribution in [0.3, 0.4) is 0 Å². The topological polar surface area (TPSA) is 83.5 Å². The molecule has 6 nitrogen and oxygen atoms in total. The highest BCUT2D eigenvalue weighted by Gasteiger charge is 2.27. The van der Waals surface area contributed by atoms with Gasteiger partial charge in [-0.15, -0.1) is 0 Å². The van der Waals surface area contributed by atoms with Crippen molar-refractivity contribution in [2.24, 2.45) is 10.9 Å². The third kappa shape index (κ3) is 2.99. The summed E-state index contributed by atoms with van der Waals surface area (Å²) >= 11 is 0. The number of nitrogens with zero attached hydrogens (tertiary/aromatic N) is 1. The van der Waals surface area contributed by atoms with E-state index >= 15 is 0 Å². The molecule has 2 aromatic rings. The van der Waals surface area contributed by atoms with E-state index in [-0.39, 0.29) is 17.7 Å². The van der Waals surface area contributed by atoms with Gasteiger partial charge in [0.2, 0.25) is 0 Å². The first-order chi connectivity index (χ1) is 13.0. The largest absolute Gasteiger partial charge is 0.497 e. The zero-order valence-corrected chi connectivity index (χ0v) is 15.3. The smallest absolute Gasteiger partial charge is 0.293 e. The molecule has 1 aliphatic carbocycles. The fourth-order valence-corrected chi connectivity index (χ4v) is 3.32. The Morgan fingerprint density at radius 1 is 1.22 bits per heavy atom. The summed E-state index contributed by atoms with van der Waals surface area (Å²) in [6.07, 6.45) is 5.52. The minimum Gasteiger partial charge on any atom is -0.497 e. The van der Waals surface area contributed by atoms with Crippen molar-refractivity contribution in [3.8, 4) is 5.75 Å². The number of carbonyl (C=O) groups is 2. The highest BCUT2D eigenvalue weighted by Crippen LogP contribution is 2.30. The Hall–Kier alpha value is -3.41. The molecule has 6 heteroatoms. The van der Waals surface area contributed by atoms with Gasteiger partial charge in [-0.2, -0.15) is 0 Å². The second kappa shape index (κ2) is 6.39. The lowest BCUT2D eigenvalue weighted by Gasteiger charge is -2.28. The Labute approximate surface area is 156 Å². The standard InChI is InChI=1S/C21H19N3O3/c1-11-12(2)20(25)24-18-9-14(5-7-16(11)18)22-21(26)19-8-13-4-6-15(27-3)10-17(13)23-19/h4-10,16,23H,1-3H3,(H,24,25). The monoisotopic (exact) mass is 361 g/mol. The maximum absolute atomic E-state index is 12.6. The Morgan fingerprint density at radius 2 is 2.04 bits per heavy atom. The molecule has 136 valence electrons. The molecular formula is C21H19N3O3. The van der Waals surface area contributed by atoms with Gasteiger partial charge in [-0.3, -0.25) is 9.59 Å². The number of H-pyrrole nitrogens is 1. The summed E-state index contributed by atoms with van der Waals surface area (Å²) in [6, 6.07) is 7.33. The van der Waals surface area contributed by atoms with E-state index in [0.29, 0.717) is 17.2 Å². The number of fused-ring (bicyclic) bond motifs is 2. The van der Waals surface area contributed by atoms with Crippen LogP contribution >= 0.6 is 0 Å². The van der Waals surface area contributed by atoms with Crippen molar-refractivity contribution in [3.05, 3.63) is 65.0 Å². The fourth-order valence-electron chi connectivity index (χ4n) is 3.32. The number of hydrogen-bond acceptors (Lipinski definition) is 3. The van der Waals surface area contributed by atoms with E-state index in [2.05, 4.69) is 15.3 Å². The van der Waals surface area contributed by atoms with Crippen LogP contribution in [0.2, 0.25) is 0 Å². The number of rotatable bonds is 2. The normalized spacial score (nSPS) is 20.6. The van der Waals surface area contributed by atoms with E-state index < -0.39 is 0 Å². The maximum atomic E-state index is 12.6. The van der Waals surface area contributed by atoms with Crippen molar-refractivity contribution in [1.29, 1.82) is 0 Å². The van der Waals surface area contributed by atoms with Crippen molar-refractivity contribution < 1.29 is 14.3 Å². The molecule has 0 radical (unpaired) electrons. The molecule has 1 unspecified atom stereocenters. The van der Waals surface area contributed by atoms with Crippen LogP contribution < -0.4 is 10.1 Å². The molecule has 0 bridgehead atoms.